The number of nitrogens with two attached hydrogens (primary N) is 1. The van der Waals surface area contributed by atoms with E-state index in [4.69, 9.17) is 5.14 Å². The van der Waals surface area contributed by atoms with Crippen LogP contribution in [0.25, 0.3) is 0 Å². The van der Waals surface area contributed by atoms with Crippen molar-refractivity contribution >= 4 is 10.0 Å². The lowest BCUT2D eigenvalue weighted by Gasteiger charge is -2.39. The van der Waals surface area contributed by atoms with Gasteiger partial charge in [0.15, 0.2) is 0 Å². The molecule has 0 bridgehead atoms. The number of hydrogen-bond acceptors (Lipinski definition) is 4. The molecule has 1 rings (SSSR count). The molecule has 96 valence electrons. The first kappa shape index (κ1) is 13.9. The first-order valence-corrected chi connectivity index (χ1v) is 7.65. The van der Waals surface area contributed by atoms with E-state index in [1.807, 2.05) is 0 Å². The molecule has 1 saturated heterocycles. The Balaban J connectivity index is 2.51. The fourth-order valence-corrected chi connectivity index (χ4v) is 2.61. The average molecular weight is 249 g/mol. The highest BCUT2D eigenvalue weighted by atomic mass is 32.2. The SMILES string of the molecule is CCC1CN(CCS(N)(=O)=O)C(CC)CN1. The van der Waals surface area contributed by atoms with Crippen LogP contribution in [-0.2, 0) is 10.0 Å². The molecule has 16 heavy (non-hydrogen) atoms. The molecule has 0 aromatic heterocycles. The summed E-state index contributed by atoms with van der Waals surface area (Å²) in [7, 11) is -3.34. The van der Waals surface area contributed by atoms with Crippen molar-refractivity contribution in [3.8, 4) is 0 Å². The van der Waals surface area contributed by atoms with E-state index in [0.29, 0.717) is 18.6 Å². The van der Waals surface area contributed by atoms with Crippen molar-refractivity contribution in [2.24, 2.45) is 5.14 Å². The lowest BCUT2D eigenvalue weighted by atomic mass is 10.1. The Labute approximate surface area is 98.4 Å². The monoisotopic (exact) mass is 249 g/mol. The number of primary sulfonamides is 1. The minimum atomic E-state index is -3.34. The Bertz CT molecular complexity index is 305. The maximum atomic E-state index is 11.0. The van der Waals surface area contributed by atoms with Crippen molar-refractivity contribution in [1.29, 1.82) is 0 Å². The van der Waals surface area contributed by atoms with Gasteiger partial charge in [0, 0.05) is 31.7 Å². The molecule has 1 fully saturated rings. The first-order valence-electron chi connectivity index (χ1n) is 5.94. The second-order valence-corrected chi connectivity index (χ2v) is 6.17. The van der Waals surface area contributed by atoms with Crippen LogP contribution >= 0.6 is 0 Å². The molecular formula is C10H23N3O2S. The van der Waals surface area contributed by atoms with Crippen molar-refractivity contribution in [3.05, 3.63) is 0 Å². The van der Waals surface area contributed by atoms with E-state index in [1.165, 1.54) is 0 Å². The van der Waals surface area contributed by atoms with Crippen molar-refractivity contribution in [2.75, 3.05) is 25.4 Å². The molecular weight excluding hydrogens is 226 g/mol. The molecule has 5 nitrogen and oxygen atoms in total. The van der Waals surface area contributed by atoms with Gasteiger partial charge in [-0.25, -0.2) is 13.6 Å². The number of rotatable bonds is 5. The minimum Gasteiger partial charge on any atom is -0.311 e. The van der Waals surface area contributed by atoms with Crippen LogP contribution in [-0.4, -0.2) is 50.8 Å². The quantitative estimate of drug-likeness (QED) is 0.704. The molecule has 0 radical (unpaired) electrons. The second kappa shape index (κ2) is 5.95. The Kier molecular flexibility index (Phi) is 5.17. The van der Waals surface area contributed by atoms with E-state index < -0.39 is 10.0 Å². The summed E-state index contributed by atoms with van der Waals surface area (Å²) in [6, 6.07) is 0.910. The molecule has 6 heteroatoms. The van der Waals surface area contributed by atoms with Gasteiger partial charge in [-0.15, -0.1) is 0 Å². The van der Waals surface area contributed by atoms with Crippen molar-refractivity contribution in [3.63, 3.8) is 0 Å². The summed E-state index contributed by atoms with van der Waals surface area (Å²) in [6.45, 7) is 6.68. The average Bonchev–Trinajstić information content (AvgIpc) is 2.25. The van der Waals surface area contributed by atoms with Crippen LogP contribution in [0.3, 0.4) is 0 Å². The molecule has 1 heterocycles. The lowest BCUT2D eigenvalue weighted by molar-refractivity contribution is 0.132. The van der Waals surface area contributed by atoms with E-state index in [-0.39, 0.29) is 5.75 Å². The normalized spacial score (nSPS) is 28.2. The summed E-state index contributed by atoms with van der Waals surface area (Å²) in [6.07, 6.45) is 2.11. The summed E-state index contributed by atoms with van der Waals surface area (Å²) >= 11 is 0. The number of nitrogens with one attached hydrogen (secondary N) is 1. The third-order valence-electron chi connectivity index (χ3n) is 3.24. The smallest absolute Gasteiger partial charge is 0.210 e. The molecule has 1 aliphatic heterocycles. The summed E-state index contributed by atoms with van der Waals surface area (Å²) in [5, 5.41) is 8.51. The highest BCUT2D eigenvalue weighted by Crippen LogP contribution is 2.11. The highest BCUT2D eigenvalue weighted by Gasteiger charge is 2.26. The topological polar surface area (TPSA) is 75.4 Å². The molecule has 0 spiro atoms. The predicted octanol–water partition coefficient (Wildman–Crippen LogP) is -0.263. The maximum absolute atomic E-state index is 11.0. The van der Waals surface area contributed by atoms with E-state index in [0.717, 1.165) is 25.9 Å². The zero-order chi connectivity index (χ0) is 12.2. The summed E-state index contributed by atoms with van der Waals surface area (Å²) in [5.41, 5.74) is 0. The summed E-state index contributed by atoms with van der Waals surface area (Å²) in [5.74, 6) is 0.0555. The maximum Gasteiger partial charge on any atom is 0.210 e. The van der Waals surface area contributed by atoms with Crippen molar-refractivity contribution in [2.45, 2.75) is 38.8 Å². The van der Waals surface area contributed by atoms with Crippen LogP contribution in [0.4, 0.5) is 0 Å². The highest BCUT2D eigenvalue weighted by molar-refractivity contribution is 7.89. The molecule has 1 aliphatic rings. The second-order valence-electron chi connectivity index (χ2n) is 4.44. The Morgan fingerprint density at radius 1 is 1.38 bits per heavy atom. The predicted molar refractivity (Wildman–Crippen MR) is 65.7 cm³/mol. The zero-order valence-corrected chi connectivity index (χ0v) is 11.0. The molecule has 0 aliphatic carbocycles. The minimum absolute atomic E-state index is 0.0555. The summed E-state index contributed by atoms with van der Waals surface area (Å²) in [4.78, 5) is 2.25. The molecule has 0 aromatic rings. The van der Waals surface area contributed by atoms with E-state index in [9.17, 15) is 8.42 Å². The number of sulfonamides is 1. The van der Waals surface area contributed by atoms with Gasteiger partial charge >= 0.3 is 0 Å². The molecule has 0 aromatic carbocycles. The number of hydrogen-bond donors (Lipinski definition) is 2. The number of nitrogens with zero attached hydrogens (tertiary/aromatic N) is 1. The van der Waals surface area contributed by atoms with Gasteiger partial charge in [-0.2, -0.15) is 0 Å². The van der Waals surface area contributed by atoms with Gasteiger partial charge in [-0.1, -0.05) is 13.8 Å². The lowest BCUT2D eigenvalue weighted by Crippen LogP contribution is -2.57. The summed E-state index contributed by atoms with van der Waals surface area (Å²) < 4.78 is 21.9. The Morgan fingerprint density at radius 2 is 2.06 bits per heavy atom. The Morgan fingerprint density at radius 3 is 2.56 bits per heavy atom. The van der Waals surface area contributed by atoms with Gasteiger partial charge in [0.2, 0.25) is 10.0 Å². The van der Waals surface area contributed by atoms with Crippen LogP contribution in [0, 0.1) is 0 Å². The van der Waals surface area contributed by atoms with Gasteiger partial charge in [0.25, 0.3) is 0 Å². The van der Waals surface area contributed by atoms with Gasteiger partial charge in [-0.3, -0.25) is 4.90 Å². The largest absolute Gasteiger partial charge is 0.311 e. The van der Waals surface area contributed by atoms with E-state index in [1.54, 1.807) is 0 Å². The van der Waals surface area contributed by atoms with Gasteiger partial charge in [0.1, 0.15) is 0 Å². The van der Waals surface area contributed by atoms with Crippen molar-refractivity contribution in [1.82, 2.24) is 10.2 Å². The van der Waals surface area contributed by atoms with Crippen LogP contribution in [0.5, 0.6) is 0 Å². The van der Waals surface area contributed by atoms with Gasteiger partial charge in [0.05, 0.1) is 5.75 Å². The van der Waals surface area contributed by atoms with Crippen LogP contribution in [0.2, 0.25) is 0 Å². The van der Waals surface area contributed by atoms with E-state index in [2.05, 4.69) is 24.1 Å². The third-order valence-corrected chi connectivity index (χ3v) is 3.99. The molecule has 0 saturated carbocycles. The van der Waals surface area contributed by atoms with Gasteiger partial charge in [-0.05, 0) is 12.8 Å². The zero-order valence-electron chi connectivity index (χ0n) is 10.1. The number of piperazine rings is 1. The fourth-order valence-electron chi connectivity index (χ4n) is 2.12. The molecule has 2 unspecified atom stereocenters. The van der Waals surface area contributed by atoms with E-state index >= 15 is 0 Å². The van der Waals surface area contributed by atoms with Crippen molar-refractivity contribution < 1.29 is 8.42 Å². The molecule has 2 atom stereocenters. The Hall–Kier alpha value is -0.170. The molecule has 3 N–H and O–H groups in total. The van der Waals surface area contributed by atoms with Crippen LogP contribution in [0.1, 0.15) is 26.7 Å². The fraction of sp³-hybridized carbons (Fsp3) is 1.00. The molecule has 0 amide bonds. The third kappa shape index (κ3) is 4.37. The van der Waals surface area contributed by atoms with Crippen LogP contribution < -0.4 is 10.5 Å². The van der Waals surface area contributed by atoms with Gasteiger partial charge < -0.3 is 5.32 Å². The first-order chi connectivity index (χ1) is 7.46. The standard InChI is InChI=1S/C10H23N3O2S/c1-3-9-8-13(5-6-16(11,14)15)10(4-2)7-12-9/h9-10,12H,3-8H2,1-2H3,(H2,11,14,15). The van der Waals surface area contributed by atoms with Crippen LogP contribution in [0.15, 0.2) is 0 Å².